The molecule has 1 aromatic carbocycles. The van der Waals surface area contributed by atoms with Crippen LogP contribution in [0.4, 0.5) is 0 Å². The average Bonchev–Trinajstić information content (AvgIpc) is 2.37. The summed E-state index contributed by atoms with van der Waals surface area (Å²) in [5.74, 6) is 0.675. The topological polar surface area (TPSA) is 41.6 Å². The second kappa shape index (κ2) is 9.18. The molecule has 0 bridgehead atoms. The molecule has 19 heavy (non-hydrogen) atoms. The van der Waals surface area contributed by atoms with Gasteiger partial charge in [0.2, 0.25) is 0 Å². The molecule has 108 valence electrons. The first kappa shape index (κ1) is 18.2. The molecule has 6 heteroatoms. The number of hydrogen-bond donors (Lipinski definition) is 1. The summed E-state index contributed by atoms with van der Waals surface area (Å²) in [7, 11) is 3.64. The zero-order valence-corrected chi connectivity index (χ0v) is 13.8. The van der Waals surface area contributed by atoms with Gasteiger partial charge in [-0.15, -0.1) is 12.4 Å². The van der Waals surface area contributed by atoms with Gasteiger partial charge in [0.1, 0.15) is 5.75 Å². The van der Waals surface area contributed by atoms with E-state index in [4.69, 9.17) is 4.74 Å². The van der Waals surface area contributed by atoms with Gasteiger partial charge in [-0.25, -0.2) is 0 Å². The molecular weight excluding hydrogens is 332 g/mol. The van der Waals surface area contributed by atoms with E-state index in [1.807, 2.05) is 31.3 Å². The molecule has 0 aromatic heterocycles. The van der Waals surface area contributed by atoms with Gasteiger partial charge < -0.3 is 15.0 Å². The monoisotopic (exact) mass is 350 g/mol. The molecule has 0 aliphatic heterocycles. The number of rotatable bonds is 6. The lowest BCUT2D eigenvalue weighted by Gasteiger charge is -2.22. The van der Waals surface area contributed by atoms with Gasteiger partial charge in [0.15, 0.2) is 6.10 Å². The van der Waals surface area contributed by atoms with Crippen molar-refractivity contribution in [1.29, 1.82) is 0 Å². The summed E-state index contributed by atoms with van der Waals surface area (Å²) in [6, 6.07) is 7.44. The van der Waals surface area contributed by atoms with Crippen LogP contribution in [-0.2, 0) is 4.79 Å². The maximum Gasteiger partial charge on any atom is 0.263 e. The van der Waals surface area contributed by atoms with Crippen LogP contribution >= 0.6 is 28.3 Å². The van der Waals surface area contributed by atoms with E-state index in [1.165, 1.54) is 0 Å². The highest BCUT2D eigenvalue weighted by molar-refractivity contribution is 9.10. The number of carbonyl (C=O) groups is 1. The molecule has 1 N–H and O–H groups in total. The fourth-order valence-corrected chi connectivity index (χ4v) is 1.73. The lowest BCUT2D eigenvalue weighted by Crippen LogP contribution is -2.40. The third-order valence-electron chi connectivity index (χ3n) is 2.55. The van der Waals surface area contributed by atoms with E-state index < -0.39 is 6.10 Å². The van der Waals surface area contributed by atoms with Crippen molar-refractivity contribution in [3.05, 3.63) is 28.7 Å². The normalized spacial score (nSPS) is 11.4. The second-order valence-electron chi connectivity index (χ2n) is 4.08. The minimum Gasteiger partial charge on any atom is -0.481 e. The highest BCUT2D eigenvalue weighted by Gasteiger charge is 2.18. The molecule has 0 aliphatic rings. The Labute approximate surface area is 129 Å². The third-order valence-corrected chi connectivity index (χ3v) is 3.08. The van der Waals surface area contributed by atoms with E-state index in [0.717, 1.165) is 11.0 Å². The van der Waals surface area contributed by atoms with Crippen LogP contribution in [0, 0.1) is 0 Å². The number of hydrogen-bond acceptors (Lipinski definition) is 3. The van der Waals surface area contributed by atoms with Gasteiger partial charge in [-0.2, -0.15) is 0 Å². The highest BCUT2D eigenvalue weighted by Crippen LogP contribution is 2.17. The van der Waals surface area contributed by atoms with Crippen LogP contribution in [0.2, 0.25) is 0 Å². The molecule has 0 aliphatic carbocycles. The third kappa shape index (κ3) is 6.27. The van der Waals surface area contributed by atoms with E-state index in [2.05, 4.69) is 21.2 Å². The van der Waals surface area contributed by atoms with Crippen LogP contribution in [0.25, 0.3) is 0 Å². The smallest absolute Gasteiger partial charge is 0.263 e. The van der Waals surface area contributed by atoms with Crippen molar-refractivity contribution in [2.24, 2.45) is 0 Å². The number of nitrogens with zero attached hydrogens (tertiary/aromatic N) is 1. The van der Waals surface area contributed by atoms with Gasteiger partial charge in [-0.1, -0.05) is 15.9 Å². The van der Waals surface area contributed by atoms with Crippen molar-refractivity contribution in [2.45, 2.75) is 13.0 Å². The fourth-order valence-electron chi connectivity index (χ4n) is 1.47. The number of likely N-dealkylation sites (N-methyl/N-ethyl adjacent to an activating group) is 2. The first-order chi connectivity index (χ1) is 8.54. The van der Waals surface area contributed by atoms with Crippen LogP contribution in [0.3, 0.4) is 0 Å². The summed E-state index contributed by atoms with van der Waals surface area (Å²) in [5.41, 5.74) is 0. The highest BCUT2D eigenvalue weighted by atomic mass is 79.9. The zero-order valence-electron chi connectivity index (χ0n) is 11.4. The van der Waals surface area contributed by atoms with Crippen molar-refractivity contribution in [2.75, 3.05) is 27.2 Å². The Morgan fingerprint density at radius 3 is 2.53 bits per heavy atom. The van der Waals surface area contributed by atoms with Crippen LogP contribution in [0.15, 0.2) is 28.7 Å². The Morgan fingerprint density at radius 2 is 2.00 bits per heavy atom. The molecule has 1 atom stereocenters. The molecule has 0 heterocycles. The Bertz CT molecular complexity index is 387. The summed E-state index contributed by atoms with van der Waals surface area (Å²) in [5, 5.41) is 3.01. The minimum absolute atomic E-state index is 0. The SMILES string of the molecule is CNCCN(C)C(=O)C(C)Oc1ccc(Br)cc1.Cl. The van der Waals surface area contributed by atoms with Crippen LogP contribution in [-0.4, -0.2) is 44.1 Å². The number of amides is 1. The Kier molecular flexibility index (Phi) is 8.80. The quantitative estimate of drug-likeness (QED) is 0.855. The number of carbonyl (C=O) groups excluding carboxylic acids is 1. The fraction of sp³-hybridized carbons (Fsp3) is 0.462. The maximum atomic E-state index is 12.0. The Balaban J connectivity index is 0.00000324. The molecule has 0 radical (unpaired) electrons. The van der Waals surface area contributed by atoms with Gasteiger partial charge in [-0.3, -0.25) is 4.79 Å². The van der Waals surface area contributed by atoms with Gasteiger partial charge in [-0.05, 0) is 38.2 Å². The molecule has 1 unspecified atom stereocenters. The molecule has 4 nitrogen and oxygen atoms in total. The summed E-state index contributed by atoms with van der Waals surface area (Å²) in [6.45, 7) is 3.21. The largest absolute Gasteiger partial charge is 0.481 e. The van der Waals surface area contributed by atoms with E-state index in [9.17, 15) is 4.79 Å². The zero-order chi connectivity index (χ0) is 13.5. The van der Waals surface area contributed by atoms with Gasteiger partial charge in [0.25, 0.3) is 5.91 Å². The van der Waals surface area contributed by atoms with Gasteiger partial charge in [0, 0.05) is 24.6 Å². The van der Waals surface area contributed by atoms with Gasteiger partial charge >= 0.3 is 0 Å². The van der Waals surface area contributed by atoms with Gasteiger partial charge in [0.05, 0.1) is 0 Å². The summed E-state index contributed by atoms with van der Waals surface area (Å²) < 4.78 is 6.59. The average molecular weight is 352 g/mol. The van der Waals surface area contributed by atoms with Crippen molar-refractivity contribution < 1.29 is 9.53 Å². The standard InChI is InChI=1S/C13H19BrN2O2.ClH/c1-10(13(17)16(3)9-8-15-2)18-12-6-4-11(14)5-7-12;/h4-7,10,15H,8-9H2,1-3H3;1H. The van der Waals surface area contributed by atoms with E-state index in [0.29, 0.717) is 12.3 Å². The molecular formula is C13H20BrClN2O2. The second-order valence-corrected chi connectivity index (χ2v) is 4.99. The van der Waals surface area contributed by atoms with E-state index >= 15 is 0 Å². The predicted octanol–water partition coefficient (Wildman–Crippen LogP) is 2.32. The summed E-state index contributed by atoms with van der Waals surface area (Å²) in [4.78, 5) is 13.7. The summed E-state index contributed by atoms with van der Waals surface area (Å²) >= 11 is 3.35. The van der Waals surface area contributed by atoms with Crippen LogP contribution in [0.5, 0.6) is 5.75 Å². The summed E-state index contributed by atoms with van der Waals surface area (Å²) in [6.07, 6.45) is -0.479. The molecule has 0 saturated carbocycles. The van der Waals surface area contributed by atoms with Crippen molar-refractivity contribution in [3.63, 3.8) is 0 Å². The number of halogens is 2. The predicted molar refractivity (Wildman–Crippen MR) is 83.0 cm³/mol. The van der Waals surface area contributed by atoms with Crippen molar-refractivity contribution in [3.8, 4) is 5.75 Å². The van der Waals surface area contributed by atoms with Crippen molar-refractivity contribution in [1.82, 2.24) is 10.2 Å². The molecule has 0 saturated heterocycles. The number of nitrogens with one attached hydrogen (secondary N) is 1. The van der Waals surface area contributed by atoms with E-state index in [-0.39, 0.29) is 18.3 Å². The maximum absolute atomic E-state index is 12.0. The Morgan fingerprint density at radius 1 is 1.42 bits per heavy atom. The lowest BCUT2D eigenvalue weighted by atomic mass is 10.3. The minimum atomic E-state index is -0.479. The first-order valence-corrected chi connectivity index (χ1v) is 6.65. The molecule has 1 rings (SSSR count). The number of ether oxygens (including phenoxy) is 1. The van der Waals surface area contributed by atoms with Crippen LogP contribution in [0.1, 0.15) is 6.92 Å². The van der Waals surface area contributed by atoms with Crippen molar-refractivity contribution >= 4 is 34.2 Å². The first-order valence-electron chi connectivity index (χ1n) is 5.86. The molecule has 0 fully saturated rings. The molecule has 0 spiro atoms. The number of benzene rings is 1. The van der Waals surface area contributed by atoms with Crippen LogP contribution < -0.4 is 10.1 Å². The van der Waals surface area contributed by atoms with E-state index in [1.54, 1.807) is 18.9 Å². The lowest BCUT2D eigenvalue weighted by molar-refractivity contribution is -0.136. The molecule has 1 aromatic rings. The Hall–Kier alpha value is -0.780. The molecule has 1 amide bonds.